The van der Waals surface area contributed by atoms with E-state index in [0.29, 0.717) is 19.4 Å². The summed E-state index contributed by atoms with van der Waals surface area (Å²) in [5.41, 5.74) is 0.867. The van der Waals surface area contributed by atoms with E-state index >= 15 is 0 Å². The summed E-state index contributed by atoms with van der Waals surface area (Å²) in [6.07, 6.45) is 1.24. The van der Waals surface area contributed by atoms with Crippen LogP contribution < -0.4 is 0 Å². The normalized spacial score (nSPS) is 15.8. The van der Waals surface area contributed by atoms with Crippen LogP contribution in [0, 0.1) is 0 Å². The van der Waals surface area contributed by atoms with Crippen LogP contribution in [0.2, 0.25) is 18.1 Å². The van der Waals surface area contributed by atoms with E-state index in [-0.39, 0.29) is 5.04 Å². The Kier molecular flexibility index (Phi) is 7.03. The largest absolute Gasteiger partial charge is 0.416 e. The van der Waals surface area contributed by atoms with Crippen LogP contribution in [0.15, 0.2) is 5.38 Å². The molecule has 4 nitrogen and oxygen atoms in total. The predicted octanol–water partition coefficient (Wildman–Crippen LogP) is 5.15. The second-order valence-electron chi connectivity index (χ2n) is 7.18. The van der Waals surface area contributed by atoms with Gasteiger partial charge in [0.05, 0.1) is 23.5 Å². The molecule has 1 aromatic heterocycles. The molecule has 22 heavy (non-hydrogen) atoms. The molecule has 0 aliphatic heterocycles. The highest BCUT2D eigenvalue weighted by atomic mass is 32.1. The van der Waals surface area contributed by atoms with Crippen molar-refractivity contribution in [2.75, 3.05) is 19.9 Å². The van der Waals surface area contributed by atoms with E-state index in [1.54, 1.807) is 18.0 Å². The lowest BCUT2D eigenvalue weighted by Crippen LogP contribution is -2.41. The molecule has 0 saturated carbocycles. The van der Waals surface area contributed by atoms with Crippen molar-refractivity contribution in [1.82, 2.24) is 4.98 Å². The molecule has 0 saturated heterocycles. The third-order valence-electron chi connectivity index (χ3n) is 4.04. The summed E-state index contributed by atoms with van der Waals surface area (Å²) in [6, 6.07) is 0. The Morgan fingerprint density at radius 2 is 2.00 bits per heavy atom. The van der Waals surface area contributed by atoms with Gasteiger partial charge < -0.3 is 8.95 Å². The average Bonchev–Trinajstić information content (AvgIpc) is 2.73. The summed E-state index contributed by atoms with van der Waals surface area (Å²) >= 11 is 1.61. The molecule has 0 spiro atoms. The van der Waals surface area contributed by atoms with E-state index in [4.69, 9.17) is 8.95 Å². The molecule has 0 radical (unpaired) electrons. The second kappa shape index (κ2) is 7.71. The van der Waals surface area contributed by atoms with Crippen LogP contribution >= 0.6 is 18.7 Å². The van der Waals surface area contributed by atoms with Crippen molar-refractivity contribution in [3.63, 3.8) is 0 Å². The van der Waals surface area contributed by atoms with Crippen LogP contribution in [-0.2, 0) is 26.1 Å². The highest BCUT2D eigenvalue weighted by molar-refractivity contribution is 7.57. The van der Waals surface area contributed by atoms with Crippen LogP contribution in [0.1, 0.15) is 38.4 Å². The fraction of sp³-hybridized carbons (Fsp3) is 0.800. The van der Waals surface area contributed by atoms with Gasteiger partial charge >= 0.3 is 0 Å². The third kappa shape index (κ3) is 6.24. The lowest BCUT2D eigenvalue weighted by Gasteiger charge is -2.36. The fourth-order valence-corrected chi connectivity index (χ4v) is 5.10. The van der Waals surface area contributed by atoms with Crippen molar-refractivity contribution >= 4 is 27.0 Å². The van der Waals surface area contributed by atoms with Gasteiger partial charge in [0.15, 0.2) is 8.32 Å². The van der Waals surface area contributed by atoms with Crippen LogP contribution in [0.25, 0.3) is 0 Å². The SMILES string of the molecule is CCOP(C)(=O)Cc1csc(CCO[Si](C)(C)C(C)(C)C)n1. The van der Waals surface area contributed by atoms with Crippen molar-refractivity contribution in [1.29, 1.82) is 0 Å². The Balaban J connectivity index is 2.51. The van der Waals surface area contributed by atoms with E-state index in [1.807, 2.05) is 12.3 Å². The van der Waals surface area contributed by atoms with Gasteiger partial charge in [0.2, 0.25) is 7.37 Å². The first kappa shape index (κ1) is 20.0. The van der Waals surface area contributed by atoms with Crippen molar-refractivity contribution in [2.45, 2.75) is 58.4 Å². The molecule has 0 aromatic carbocycles. The van der Waals surface area contributed by atoms with Crippen molar-refractivity contribution in [3.8, 4) is 0 Å². The molecule has 1 atom stereocenters. The first-order valence-electron chi connectivity index (χ1n) is 7.75. The molecule has 1 unspecified atom stereocenters. The fourth-order valence-electron chi connectivity index (χ4n) is 1.76. The van der Waals surface area contributed by atoms with Gasteiger partial charge in [-0.15, -0.1) is 11.3 Å². The van der Waals surface area contributed by atoms with Crippen molar-refractivity contribution in [3.05, 3.63) is 16.1 Å². The molecule has 1 heterocycles. The number of rotatable bonds is 8. The molecule has 0 fully saturated rings. The Morgan fingerprint density at radius 3 is 2.55 bits per heavy atom. The summed E-state index contributed by atoms with van der Waals surface area (Å²) in [7, 11) is -4.24. The monoisotopic (exact) mass is 363 g/mol. The highest BCUT2D eigenvalue weighted by Gasteiger charge is 2.36. The summed E-state index contributed by atoms with van der Waals surface area (Å²) in [5, 5.41) is 3.26. The number of hydrogen-bond donors (Lipinski definition) is 0. The topological polar surface area (TPSA) is 48.4 Å². The van der Waals surface area contributed by atoms with Gasteiger partial charge in [-0.05, 0) is 25.1 Å². The average molecular weight is 364 g/mol. The third-order valence-corrected chi connectivity index (χ3v) is 11.2. The lowest BCUT2D eigenvalue weighted by molar-refractivity contribution is 0.292. The Morgan fingerprint density at radius 1 is 1.36 bits per heavy atom. The summed E-state index contributed by atoms with van der Waals surface area (Å²) in [5.74, 6) is 0. The molecule has 7 heteroatoms. The standard InChI is InChI=1S/C15H30NO3PSSi/c1-8-18-20(5,17)11-13-12-21-14(16-13)9-10-19-22(6,7)15(2,3)4/h12H,8-11H2,1-7H3. The maximum absolute atomic E-state index is 12.2. The molecule has 0 amide bonds. The minimum Gasteiger partial charge on any atom is -0.416 e. The van der Waals surface area contributed by atoms with Gasteiger partial charge in [0.1, 0.15) is 0 Å². The van der Waals surface area contributed by atoms with Crippen LogP contribution in [-0.4, -0.2) is 33.2 Å². The molecule has 128 valence electrons. The Labute approximate surface area is 140 Å². The summed E-state index contributed by atoms with van der Waals surface area (Å²) in [4.78, 5) is 4.56. The van der Waals surface area contributed by atoms with E-state index in [9.17, 15) is 4.57 Å². The number of hydrogen-bond acceptors (Lipinski definition) is 5. The molecule has 0 bridgehead atoms. The van der Waals surface area contributed by atoms with E-state index in [0.717, 1.165) is 17.1 Å². The molecule has 0 aliphatic carbocycles. The maximum atomic E-state index is 12.2. The van der Waals surface area contributed by atoms with Crippen LogP contribution in [0.5, 0.6) is 0 Å². The van der Waals surface area contributed by atoms with E-state index in [2.05, 4.69) is 38.8 Å². The van der Waals surface area contributed by atoms with Crippen LogP contribution in [0.4, 0.5) is 0 Å². The number of thiazole rings is 1. The van der Waals surface area contributed by atoms with Gasteiger partial charge in [-0.2, -0.15) is 0 Å². The minimum atomic E-state index is -2.56. The molecule has 1 aromatic rings. The lowest BCUT2D eigenvalue weighted by atomic mass is 10.2. The van der Waals surface area contributed by atoms with Crippen molar-refractivity contribution in [2.24, 2.45) is 0 Å². The van der Waals surface area contributed by atoms with Crippen molar-refractivity contribution < 1.29 is 13.5 Å². The highest BCUT2D eigenvalue weighted by Crippen LogP contribution is 2.46. The van der Waals surface area contributed by atoms with E-state index < -0.39 is 15.7 Å². The van der Waals surface area contributed by atoms with Gasteiger partial charge in [-0.1, -0.05) is 20.8 Å². The van der Waals surface area contributed by atoms with E-state index in [1.165, 1.54) is 0 Å². The summed E-state index contributed by atoms with van der Waals surface area (Å²) < 4.78 is 23.7. The molecule has 0 aliphatic rings. The predicted molar refractivity (Wildman–Crippen MR) is 97.8 cm³/mol. The molecular weight excluding hydrogens is 333 g/mol. The zero-order chi connectivity index (χ0) is 17.0. The molecular formula is C15H30NO3PSSi. The van der Waals surface area contributed by atoms with Gasteiger partial charge in [0.25, 0.3) is 0 Å². The molecule has 0 N–H and O–H groups in total. The van der Waals surface area contributed by atoms with Gasteiger partial charge in [-0.3, -0.25) is 4.57 Å². The molecule has 1 rings (SSSR count). The smallest absolute Gasteiger partial charge is 0.206 e. The first-order valence-corrected chi connectivity index (χ1v) is 13.8. The maximum Gasteiger partial charge on any atom is 0.206 e. The summed E-state index contributed by atoms with van der Waals surface area (Å²) in [6.45, 7) is 16.0. The van der Waals surface area contributed by atoms with Gasteiger partial charge in [-0.25, -0.2) is 4.98 Å². The Hall–Kier alpha value is -0.00312. The Bertz CT molecular complexity index is 525. The first-order chi connectivity index (χ1) is 9.97. The minimum absolute atomic E-state index is 0.230. The number of aromatic nitrogens is 1. The number of nitrogens with zero attached hydrogens (tertiary/aromatic N) is 1. The zero-order valence-corrected chi connectivity index (χ0v) is 17.6. The van der Waals surface area contributed by atoms with Gasteiger partial charge in [0, 0.05) is 25.1 Å². The zero-order valence-electron chi connectivity index (χ0n) is 14.9. The quantitative estimate of drug-likeness (QED) is 0.473. The second-order valence-corrected chi connectivity index (χ2v) is 15.5. The van der Waals surface area contributed by atoms with Crippen LogP contribution in [0.3, 0.4) is 0 Å².